The third kappa shape index (κ3) is 5.35. The van der Waals surface area contributed by atoms with Gasteiger partial charge in [-0.15, -0.1) is 0 Å². The zero-order chi connectivity index (χ0) is 15.2. The van der Waals surface area contributed by atoms with Gasteiger partial charge >= 0.3 is 0 Å². The topological polar surface area (TPSA) is 21.3 Å². The molecule has 1 N–H and O–H groups in total. The van der Waals surface area contributed by atoms with Crippen molar-refractivity contribution in [1.29, 1.82) is 0 Å². The average molecular weight is 289 g/mol. The summed E-state index contributed by atoms with van der Waals surface area (Å²) >= 11 is 0. The maximum absolute atomic E-state index is 5.76. The molecule has 2 unspecified atom stereocenters. The van der Waals surface area contributed by atoms with Gasteiger partial charge in [0.05, 0.1) is 0 Å². The largest absolute Gasteiger partial charge is 0.490 e. The normalized spacial score (nSPS) is 18.6. The van der Waals surface area contributed by atoms with Crippen LogP contribution >= 0.6 is 0 Å². The molecule has 2 rings (SSSR count). The third-order valence-electron chi connectivity index (χ3n) is 4.25. The van der Waals surface area contributed by atoms with Gasteiger partial charge in [0, 0.05) is 6.42 Å². The maximum atomic E-state index is 5.76. The molecule has 0 saturated carbocycles. The average Bonchev–Trinajstić information content (AvgIpc) is 2.80. The molecule has 0 radical (unpaired) electrons. The van der Waals surface area contributed by atoms with Crippen molar-refractivity contribution in [3.63, 3.8) is 0 Å². The van der Waals surface area contributed by atoms with Gasteiger partial charge in [-0.1, -0.05) is 32.9 Å². The van der Waals surface area contributed by atoms with Crippen molar-refractivity contribution in [2.45, 2.75) is 59.5 Å². The van der Waals surface area contributed by atoms with E-state index in [4.69, 9.17) is 4.74 Å². The molecule has 2 heteroatoms. The van der Waals surface area contributed by atoms with E-state index in [1.165, 1.54) is 30.4 Å². The molecular formula is C19H31NO. The van der Waals surface area contributed by atoms with Gasteiger partial charge in [0.1, 0.15) is 11.9 Å². The predicted octanol–water partition coefficient (Wildman–Crippen LogP) is 4.21. The van der Waals surface area contributed by atoms with E-state index in [9.17, 15) is 0 Å². The molecule has 0 aromatic heterocycles. The zero-order valence-corrected chi connectivity index (χ0v) is 14.1. The Bertz CT molecular complexity index is 441. The summed E-state index contributed by atoms with van der Waals surface area (Å²) in [6, 6.07) is 6.74. The minimum Gasteiger partial charge on any atom is -0.490 e. The number of benzene rings is 1. The molecule has 1 heterocycles. The standard InChI is InChI=1S/C19H31NO/c1-14(2)13-20-10-9-15(3)5-6-17-7-8-19-18(12-17)11-16(4)21-19/h7-8,12,14-16,20H,5-6,9-11,13H2,1-4H3. The number of hydrogen-bond donors (Lipinski definition) is 1. The summed E-state index contributed by atoms with van der Waals surface area (Å²) in [4.78, 5) is 0. The Balaban J connectivity index is 1.70. The van der Waals surface area contributed by atoms with Crippen LogP contribution in [-0.4, -0.2) is 19.2 Å². The Morgan fingerprint density at radius 2 is 2.05 bits per heavy atom. The summed E-state index contributed by atoms with van der Waals surface area (Å²) < 4.78 is 5.76. The molecule has 21 heavy (non-hydrogen) atoms. The minimum atomic E-state index is 0.348. The van der Waals surface area contributed by atoms with E-state index >= 15 is 0 Å². The minimum absolute atomic E-state index is 0.348. The fourth-order valence-electron chi connectivity index (χ4n) is 2.93. The van der Waals surface area contributed by atoms with Crippen molar-refractivity contribution in [2.75, 3.05) is 13.1 Å². The predicted molar refractivity (Wildman–Crippen MR) is 90.0 cm³/mol. The Morgan fingerprint density at radius 1 is 1.24 bits per heavy atom. The van der Waals surface area contributed by atoms with Crippen LogP contribution in [0.3, 0.4) is 0 Å². The smallest absolute Gasteiger partial charge is 0.123 e. The molecular weight excluding hydrogens is 258 g/mol. The SMILES string of the molecule is CC(C)CNCCC(C)CCc1ccc2c(c1)CC(C)O2. The molecule has 0 amide bonds. The summed E-state index contributed by atoms with van der Waals surface area (Å²) in [6.07, 6.45) is 5.16. The highest BCUT2D eigenvalue weighted by atomic mass is 16.5. The van der Waals surface area contributed by atoms with Crippen molar-refractivity contribution < 1.29 is 4.74 Å². The Kier molecular flexibility index (Phi) is 6.10. The number of nitrogens with one attached hydrogen (secondary N) is 1. The monoisotopic (exact) mass is 289 g/mol. The molecule has 0 aliphatic carbocycles. The fraction of sp³-hybridized carbons (Fsp3) is 0.684. The van der Waals surface area contributed by atoms with Crippen molar-refractivity contribution in [3.05, 3.63) is 29.3 Å². The van der Waals surface area contributed by atoms with Crippen LogP contribution in [0, 0.1) is 11.8 Å². The fourth-order valence-corrected chi connectivity index (χ4v) is 2.93. The van der Waals surface area contributed by atoms with Crippen LogP contribution in [-0.2, 0) is 12.8 Å². The lowest BCUT2D eigenvalue weighted by molar-refractivity contribution is 0.254. The van der Waals surface area contributed by atoms with Gasteiger partial charge in [-0.25, -0.2) is 0 Å². The van der Waals surface area contributed by atoms with E-state index in [1.807, 2.05) is 0 Å². The highest BCUT2D eigenvalue weighted by Crippen LogP contribution is 2.30. The van der Waals surface area contributed by atoms with Crippen LogP contribution in [0.5, 0.6) is 5.75 Å². The first-order valence-electron chi connectivity index (χ1n) is 8.53. The zero-order valence-electron chi connectivity index (χ0n) is 14.1. The Hall–Kier alpha value is -1.02. The lowest BCUT2D eigenvalue weighted by Crippen LogP contribution is -2.22. The Labute approximate surface area is 130 Å². The molecule has 1 aromatic carbocycles. The van der Waals surface area contributed by atoms with Crippen LogP contribution in [0.25, 0.3) is 0 Å². The number of aryl methyl sites for hydroxylation is 1. The second-order valence-electron chi connectivity index (χ2n) is 7.11. The summed E-state index contributed by atoms with van der Waals surface area (Å²) in [5.41, 5.74) is 2.86. The molecule has 1 aliphatic rings. The summed E-state index contributed by atoms with van der Waals surface area (Å²) in [6.45, 7) is 11.3. The van der Waals surface area contributed by atoms with E-state index in [0.717, 1.165) is 37.1 Å². The second-order valence-corrected chi connectivity index (χ2v) is 7.11. The van der Waals surface area contributed by atoms with Crippen LogP contribution < -0.4 is 10.1 Å². The van der Waals surface area contributed by atoms with Crippen molar-refractivity contribution in [2.24, 2.45) is 11.8 Å². The van der Waals surface area contributed by atoms with E-state index in [1.54, 1.807) is 0 Å². The number of rotatable bonds is 8. The molecule has 0 saturated heterocycles. The van der Waals surface area contributed by atoms with Gasteiger partial charge in [0.25, 0.3) is 0 Å². The molecule has 0 bridgehead atoms. The highest BCUT2D eigenvalue weighted by Gasteiger charge is 2.18. The first-order valence-corrected chi connectivity index (χ1v) is 8.53. The van der Waals surface area contributed by atoms with Gasteiger partial charge in [-0.2, -0.15) is 0 Å². The van der Waals surface area contributed by atoms with Crippen LogP contribution in [0.1, 0.15) is 51.7 Å². The van der Waals surface area contributed by atoms with Crippen molar-refractivity contribution >= 4 is 0 Å². The van der Waals surface area contributed by atoms with Crippen LogP contribution in [0.4, 0.5) is 0 Å². The summed E-state index contributed by atoms with van der Waals surface area (Å²) in [5.74, 6) is 2.63. The first kappa shape index (κ1) is 16.4. The lowest BCUT2D eigenvalue weighted by Gasteiger charge is -2.13. The Morgan fingerprint density at radius 3 is 2.81 bits per heavy atom. The second kappa shape index (κ2) is 7.84. The van der Waals surface area contributed by atoms with Gasteiger partial charge < -0.3 is 10.1 Å². The van der Waals surface area contributed by atoms with Gasteiger partial charge in [-0.3, -0.25) is 0 Å². The van der Waals surface area contributed by atoms with Crippen molar-refractivity contribution in [1.82, 2.24) is 5.32 Å². The van der Waals surface area contributed by atoms with E-state index < -0.39 is 0 Å². The molecule has 118 valence electrons. The van der Waals surface area contributed by atoms with Gasteiger partial charge in [0.15, 0.2) is 0 Å². The molecule has 1 aliphatic heterocycles. The maximum Gasteiger partial charge on any atom is 0.123 e. The summed E-state index contributed by atoms with van der Waals surface area (Å²) in [7, 11) is 0. The van der Waals surface area contributed by atoms with E-state index in [0.29, 0.717) is 6.10 Å². The lowest BCUT2D eigenvalue weighted by atomic mass is 9.96. The van der Waals surface area contributed by atoms with Gasteiger partial charge in [-0.05, 0) is 68.3 Å². The molecule has 0 fully saturated rings. The first-order chi connectivity index (χ1) is 10.0. The molecule has 1 aromatic rings. The highest BCUT2D eigenvalue weighted by molar-refractivity contribution is 5.40. The number of fused-ring (bicyclic) bond motifs is 1. The van der Waals surface area contributed by atoms with E-state index in [2.05, 4.69) is 51.2 Å². The number of ether oxygens (including phenoxy) is 1. The third-order valence-corrected chi connectivity index (χ3v) is 4.25. The van der Waals surface area contributed by atoms with Crippen molar-refractivity contribution in [3.8, 4) is 5.75 Å². The molecule has 0 spiro atoms. The van der Waals surface area contributed by atoms with Crippen LogP contribution in [0.2, 0.25) is 0 Å². The quantitative estimate of drug-likeness (QED) is 0.724. The molecule has 2 nitrogen and oxygen atoms in total. The van der Waals surface area contributed by atoms with E-state index in [-0.39, 0.29) is 0 Å². The van der Waals surface area contributed by atoms with Crippen LogP contribution in [0.15, 0.2) is 18.2 Å². The number of hydrogen-bond acceptors (Lipinski definition) is 2. The van der Waals surface area contributed by atoms with Gasteiger partial charge in [0.2, 0.25) is 0 Å². The summed E-state index contributed by atoms with van der Waals surface area (Å²) in [5, 5.41) is 3.54. The molecule has 2 atom stereocenters.